The van der Waals surface area contributed by atoms with Crippen molar-refractivity contribution < 1.29 is 4.79 Å². The summed E-state index contributed by atoms with van der Waals surface area (Å²) in [5, 5.41) is 0. The highest BCUT2D eigenvalue weighted by Gasteiger charge is 2.27. The minimum atomic E-state index is 0.262. The molecule has 0 unspecified atom stereocenters. The Bertz CT molecular complexity index is 969. The van der Waals surface area contributed by atoms with E-state index >= 15 is 0 Å². The van der Waals surface area contributed by atoms with Gasteiger partial charge in [-0.3, -0.25) is 4.79 Å². The molecule has 1 heterocycles. The summed E-state index contributed by atoms with van der Waals surface area (Å²) >= 11 is 0. The molecule has 0 radical (unpaired) electrons. The van der Waals surface area contributed by atoms with Crippen molar-refractivity contribution >= 4 is 5.91 Å². The molecule has 178 valence electrons. The van der Waals surface area contributed by atoms with Crippen LogP contribution in [0.1, 0.15) is 54.4 Å². The van der Waals surface area contributed by atoms with E-state index in [0.29, 0.717) is 18.4 Å². The lowest BCUT2D eigenvalue weighted by atomic mass is 9.88. The SMILES string of the molecule is CCN(C(=O)Cc1ccc(C)cc1)C1CCN(CCC(c2ccccc2)c2ccccc2)CC1. The zero-order valence-corrected chi connectivity index (χ0v) is 20.7. The Labute approximate surface area is 205 Å². The molecule has 0 N–H and O–H groups in total. The van der Waals surface area contributed by atoms with Crippen LogP contribution in [0.25, 0.3) is 0 Å². The number of piperidine rings is 1. The fraction of sp³-hybridized carbons (Fsp3) is 0.387. The highest BCUT2D eigenvalue weighted by molar-refractivity contribution is 5.79. The van der Waals surface area contributed by atoms with Crippen molar-refractivity contribution in [2.75, 3.05) is 26.2 Å². The topological polar surface area (TPSA) is 23.6 Å². The van der Waals surface area contributed by atoms with Gasteiger partial charge >= 0.3 is 0 Å². The Morgan fingerprint density at radius 2 is 1.44 bits per heavy atom. The molecule has 0 atom stereocenters. The Hall–Kier alpha value is -2.91. The van der Waals surface area contributed by atoms with E-state index in [1.165, 1.54) is 16.7 Å². The number of rotatable bonds is 9. The van der Waals surface area contributed by atoms with Crippen molar-refractivity contribution in [3.8, 4) is 0 Å². The maximum absolute atomic E-state index is 13.1. The van der Waals surface area contributed by atoms with Gasteiger partial charge in [-0.1, -0.05) is 90.5 Å². The number of nitrogens with zero attached hydrogens (tertiary/aromatic N) is 2. The summed E-state index contributed by atoms with van der Waals surface area (Å²) in [5.74, 6) is 0.682. The van der Waals surface area contributed by atoms with E-state index in [4.69, 9.17) is 0 Å². The van der Waals surface area contributed by atoms with Gasteiger partial charge in [0.25, 0.3) is 0 Å². The molecule has 3 aromatic rings. The summed E-state index contributed by atoms with van der Waals surface area (Å²) in [6.07, 6.45) is 3.75. The molecule has 1 saturated heterocycles. The number of likely N-dealkylation sites (tertiary alicyclic amines) is 1. The zero-order valence-electron chi connectivity index (χ0n) is 20.7. The lowest BCUT2D eigenvalue weighted by Crippen LogP contribution is -2.48. The Balaban J connectivity index is 1.31. The summed E-state index contributed by atoms with van der Waals surface area (Å²) in [7, 11) is 0. The van der Waals surface area contributed by atoms with Gasteiger partial charge in [0, 0.05) is 31.6 Å². The van der Waals surface area contributed by atoms with Crippen molar-refractivity contribution in [1.82, 2.24) is 9.80 Å². The summed E-state index contributed by atoms with van der Waals surface area (Å²) < 4.78 is 0. The van der Waals surface area contributed by atoms with Gasteiger partial charge in [0.2, 0.25) is 5.91 Å². The molecule has 1 aliphatic rings. The average molecular weight is 455 g/mol. The predicted octanol–water partition coefficient (Wildman–Crippen LogP) is 6.07. The van der Waals surface area contributed by atoms with E-state index in [1.54, 1.807) is 0 Å². The molecule has 0 saturated carbocycles. The first-order valence-electron chi connectivity index (χ1n) is 12.8. The molecule has 0 spiro atoms. The third kappa shape index (κ3) is 6.36. The summed E-state index contributed by atoms with van der Waals surface area (Å²) in [6, 6.07) is 30.5. The van der Waals surface area contributed by atoms with Crippen LogP contribution in [0.4, 0.5) is 0 Å². The smallest absolute Gasteiger partial charge is 0.227 e. The van der Waals surface area contributed by atoms with Crippen LogP contribution in [-0.2, 0) is 11.2 Å². The third-order valence-electron chi connectivity index (χ3n) is 7.27. The fourth-order valence-corrected chi connectivity index (χ4v) is 5.28. The number of benzene rings is 3. The first-order chi connectivity index (χ1) is 16.6. The molecule has 1 amide bonds. The lowest BCUT2D eigenvalue weighted by molar-refractivity contribution is -0.133. The van der Waals surface area contributed by atoms with E-state index in [9.17, 15) is 4.79 Å². The van der Waals surface area contributed by atoms with E-state index in [0.717, 1.165) is 51.0 Å². The monoisotopic (exact) mass is 454 g/mol. The second kappa shape index (κ2) is 12.0. The van der Waals surface area contributed by atoms with Crippen LogP contribution in [0, 0.1) is 6.92 Å². The Kier molecular flexibility index (Phi) is 8.54. The van der Waals surface area contributed by atoms with Crippen LogP contribution in [0.2, 0.25) is 0 Å². The molecule has 1 fully saturated rings. The van der Waals surface area contributed by atoms with Crippen molar-refractivity contribution in [2.24, 2.45) is 0 Å². The molecule has 3 nitrogen and oxygen atoms in total. The van der Waals surface area contributed by atoms with Crippen molar-refractivity contribution in [3.05, 3.63) is 107 Å². The van der Waals surface area contributed by atoms with E-state index in [-0.39, 0.29) is 5.91 Å². The van der Waals surface area contributed by atoms with Gasteiger partial charge in [-0.15, -0.1) is 0 Å². The highest BCUT2D eigenvalue weighted by Crippen LogP contribution is 2.29. The van der Waals surface area contributed by atoms with Crippen LogP contribution >= 0.6 is 0 Å². The molecule has 0 aliphatic carbocycles. The van der Waals surface area contributed by atoms with Crippen molar-refractivity contribution in [2.45, 2.75) is 51.5 Å². The second-order valence-electron chi connectivity index (χ2n) is 9.58. The summed E-state index contributed by atoms with van der Waals surface area (Å²) in [6.45, 7) is 8.21. The second-order valence-corrected chi connectivity index (χ2v) is 9.58. The number of hydrogen-bond donors (Lipinski definition) is 0. The zero-order chi connectivity index (χ0) is 23.8. The summed E-state index contributed by atoms with van der Waals surface area (Å²) in [5.41, 5.74) is 5.13. The number of carbonyl (C=O) groups excluding carboxylic acids is 1. The van der Waals surface area contributed by atoms with Gasteiger partial charge in [0.1, 0.15) is 0 Å². The van der Waals surface area contributed by atoms with Crippen LogP contribution in [0.15, 0.2) is 84.9 Å². The standard InChI is InChI=1S/C31H38N2O/c1-3-33(31(34)24-26-16-14-25(2)15-17-26)29-18-21-32(22-19-29)23-20-30(27-10-6-4-7-11-27)28-12-8-5-9-13-28/h4-17,29-30H,3,18-24H2,1-2H3. The van der Waals surface area contributed by atoms with Gasteiger partial charge in [-0.2, -0.15) is 0 Å². The normalized spacial score (nSPS) is 14.9. The fourth-order valence-electron chi connectivity index (χ4n) is 5.28. The predicted molar refractivity (Wildman–Crippen MR) is 141 cm³/mol. The molecule has 0 bridgehead atoms. The molecule has 3 heteroatoms. The quantitative estimate of drug-likeness (QED) is 0.392. The van der Waals surface area contributed by atoms with Crippen LogP contribution < -0.4 is 0 Å². The molecular formula is C31H38N2O. The molecule has 0 aromatic heterocycles. The number of amides is 1. The van der Waals surface area contributed by atoms with Crippen molar-refractivity contribution in [1.29, 1.82) is 0 Å². The van der Waals surface area contributed by atoms with Crippen LogP contribution in [0.3, 0.4) is 0 Å². The van der Waals surface area contributed by atoms with E-state index in [2.05, 4.69) is 109 Å². The van der Waals surface area contributed by atoms with Gasteiger partial charge in [0.05, 0.1) is 6.42 Å². The molecule has 1 aliphatic heterocycles. The van der Waals surface area contributed by atoms with Crippen molar-refractivity contribution in [3.63, 3.8) is 0 Å². The maximum atomic E-state index is 13.1. The minimum absolute atomic E-state index is 0.262. The number of hydrogen-bond acceptors (Lipinski definition) is 2. The van der Waals surface area contributed by atoms with Gasteiger partial charge in [-0.25, -0.2) is 0 Å². The molecule has 34 heavy (non-hydrogen) atoms. The molecular weight excluding hydrogens is 416 g/mol. The highest BCUT2D eigenvalue weighted by atomic mass is 16.2. The molecule has 3 aromatic carbocycles. The number of likely N-dealkylation sites (N-methyl/N-ethyl adjacent to an activating group) is 1. The van der Waals surface area contributed by atoms with E-state index < -0.39 is 0 Å². The average Bonchev–Trinajstić information content (AvgIpc) is 2.88. The Morgan fingerprint density at radius 3 is 1.97 bits per heavy atom. The number of carbonyl (C=O) groups is 1. The van der Waals surface area contributed by atoms with Gasteiger partial charge < -0.3 is 9.80 Å². The van der Waals surface area contributed by atoms with Gasteiger partial charge in [0.15, 0.2) is 0 Å². The lowest BCUT2D eigenvalue weighted by Gasteiger charge is -2.38. The number of aryl methyl sites for hydroxylation is 1. The first kappa shape index (κ1) is 24.2. The maximum Gasteiger partial charge on any atom is 0.227 e. The van der Waals surface area contributed by atoms with Gasteiger partial charge in [-0.05, 0) is 56.3 Å². The minimum Gasteiger partial charge on any atom is -0.340 e. The first-order valence-corrected chi connectivity index (χ1v) is 12.8. The third-order valence-corrected chi connectivity index (χ3v) is 7.27. The van der Waals surface area contributed by atoms with E-state index in [1.807, 2.05) is 0 Å². The Morgan fingerprint density at radius 1 is 0.882 bits per heavy atom. The van der Waals surface area contributed by atoms with Crippen LogP contribution in [0.5, 0.6) is 0 Å². The summed E-state index contributed by atoms with van der Waals surface area (Å²) in [4.78, 5) is 17.8. The van der Waals surface area contributed by atoms with Crippen LogP contribution in [-0.4, -0.2) is 47.9 Å². The largest absolute Gasteiger partial charge is 0.340 e. The molecule has 4 rings (SSSR count).